The van der Waals surface area contributed by atoms with Gasteiger partial charge in [-0.15, -0.1) is 0 Å². The van der Waals surface area contributed by atoms with Crippen molar-refractivity contribution in [3.63, 3.8) is 0 Å². The molecule has 0 unspecified atom stereocenters. The summed E-state index contributed by atoms with van der Waals surface area (Å²) < 4.78 is 22.9. The highest BCUT2D eigenvalue weighted by atomic mass is 35.5. The minimum Gasteiger partial charge on any atom is -0.352 e. The lowest BCUT2D eigenvalue weighted by Crippen LogP contribution is -2.37. The Balaban J connectivity index is 1.97. The van der Waals surface area contributed by atoms with Gasteiger partial charge in [-0.3, -0.25) is 4.79 Å². The first-order chi connectivity index (χ1) is 8.63. The minimum atomic E-state index is -2.98. The Kier molecular flexibility index (Phi) is 3.93. The SMILES string of the molecule is CC1(C)[C@H](C=C(Cl)Cl)[C@H]1C(=O)N[C@@H]1CCS(=O)(=O)C1. The molecule has 108 valence electrons. The smallest absolute Gasteiger partial charge is 0.224 e. The Labute approximate surface area is 123 Å². The number of amides is 1. The van der Waals surface area contributed by atoms with E-state index in [-0.39, 0.29) is 45.2 Å². The van der Waals surface area contributed by atoms with Crippen molar-refractivity contribution in [1.29, 1.82) is 0 Å². The van der Waals surface area contributed by atoms with Crippen LogP contribution in [0.2, 0.25) is 0 Å². The summed E-state index contributed by atoms with van der Waals surface area (Å²) in [5, 5.41) is 2.82. The normalized spacial score (nSPS) is 34.6. The quantitative estimate of drug-likeness (QED) is 0.861. The first-order valence-electron chi connectivity index (χ1n) is 6.17. The van der Waals surface area contributed by atoms with Crippen molar-refractivity contribution in [3.8, 4) is 0 Å². The van der Waals surface area contributed by atoms with E-state index in [1.807, 2.05) is 13.8 Å². The molecule has 1 saturated carbocycles. The molecule has 7 heteroatoms. The van der Waals surface area contributed by atoms with E-state index in [0.29, 0.717) is 6.42 Å². The fourth-order valence-electron chi connectivity index (χ4n) is 2.83. The van der Waals surface area contributed by atoms with Crippen LogP contribution in [0.3, 0.4) is 0 Å². The summed E-state index contributed by atoms with van der Waals surface area (Å²) in [6.45, 7) is 3.95. The molecule has 0 radical (unpaired) electrons. The second kappa shape index (κ2) is 4.93. The summed E-state index contributed by atoms with van der Waals surface area (Å²) in [4.78, 5) is 12.2. The fourth-order valence-corrected chi connectivity index (χ4v) is 4.77. The molecule has 1 saturated heterocycles. The number of sulfone groups is 1. The fraction of sp³-hybridized carbons (Fsp3) is 0.750. The third kappa shape index (κ3) is 3.26. The zero-order valence-electron chi connectivity index (χ0n) is 10.8. The van der Waals surface area contributed by atoms with E-state index < -0.39 is 9.84 Å². The molecule has 1 aliphatic carbocycles. The van der Waals surface area contributed by atoms with Gasteiger partial charge in [-0.1, -0.05) is 37.0 Å². The Morgan fingerprint density at radius 3 is 2.47 bits per heavy atom. The van der Waals surface area contributed by atoms with Gasteiger partial charge in [0.15, 0.2) is 9.84 Å². The van der Waals surface area contributed by atoms with Crippen LogP contribution in [-0.4, -0.2) is 31.9 Å². The van der Waals surface area contributed by atoms with Crippen LogP contribution in [0.25, 0.3) is 0 Å². The van der Waals surface area contributed by atoms with Crippen molar-refractivity contribution in [2.45, 2.75) is 26.3 Å². The van der Waals surface area contributed by atoms with Gasteiger partial charge in [0.1, 0.15) is 4.49 Å². The van der Waals surface area contributed by atoms with E-state index in [9.17, 15) is 13.2 Å². The van der Waals surface area contributed by atoms with Crippen LogP contribution in [0.4, 0.5) is 0 Å². The summed E-state index contributed by atoms with van der Waals surface area (Å²) >= 11 is 11.3. The maximum absolute atomic E-state index is 12.2. The lowest BCUT2D eigenvalue weighted by Gasteiger charge is -2.11. The van der Waals surface area contributed by atoms with Crippen LogP contribution in [0, 0.1) is 17.3 Å². The van der Waals surface area contributed by atoms with Crippen LogP contribution >= 0.6 is 23.2 Å². The second-order valence-electron chi connectivity index (χ2n) is 5.89. The third-order valence-corrected chi connectivity index (χ3v) is 6.10. The van der Waals surface area contributed by atoms with Gasteiger partial charge in [0.05, 0.1) is 17.4 Å². The molecule has 19 heavy (non-hydrogen) atoms. The monoisotopic (exact) mass is 325 g/mol. The van der Waals surface area contributed by atoms with E-state index in [2.05, 4.69) is 5.32 Å². The Hall–Kier alpha value is -0.260. The number of carbonyl (C=O) groups excluding carboxylic acids is 1. The lowest BCUT2D eigenvalue weighted by molar-refractivity contribution is -0.123. The molecule has 0 spiro atoms. The van der Waals surface area contributed by atoms with Gasteiger partial charge in [-0.25, -0.2) is 8.42 Å². The molecule has 1 heterocycles. The van der Waals surface area contributed by atoms with E-state index in [1.54, 1.807) is 6.08 Å². The summed E-state index contributed by atoms with van der Waals surface area (Å²) in [6.07, 6.45) is 2.18. The van der Waals surface area contributed by atoms with Crippen LogP contribution in [0.15, 0.2) is 10.6 Å². The van der Waals surface area contributed by atoms with Crippen LogP contribution in [0.5, 0.6) is 0 Å². The lowest BCUT2D eigenvalue weighted by atomic mass is 10.1. The summed E-state index contributed by atoms with van der Waals surface area (Å²) in [6, 6.07) is -0.259. The molecule has 0 aromatic heterocycles. The predicted octanol–water partition coefficient (Wildman–Crippen LogP) is 1.88. The van der Waals surface area contributed by atoms with Crippen molar-refractivity contribution >= 4 is 38.9 Å². The van der Waals surface area contributed by atoms with Crippen LogP contribution in [-0.2, 0) is 14.6 Å². The van der Waals surface area contributed by atoms with Gasteiger partial charge < -0.3 is 5.32 Å². The van der Waals surface area contributed by atoms with Crippen LogP contribution < -0.4 is 5.32 Å². The Bertz CT molecular complexity index is 523. The highest BCUT2D eigenvalue weighted by Crippen LogP contribution is 2.59. The molecule has 2 aliphatic rings. The van der Waals surface area contributed by atoms with Gasteiger partial charge in [-0.05, 0) is 23.8 Å². The number of hydrogen-bond acceptors (Lipinski definition) is 3. The number of allylic oxidation sites excluding steroid dienone is 1. The molecule has 0 aromatic carbocycles. The zero-order chi connectivity index (χ0) is 14.4. The molecule has 2 rings (SSSR count). The molecular weight excluding hydrogens is 309 g/mol. The molecule has 1 N–H and O–H groups in total. The number of carbonyl (C=O) groups is 1. The standard InChI is InChI=1S/C12H17Cl2NO3S/c1-12(2)8(5-9(13)14)10(12)11(16)15-7-3-4-19(17,18)6-7/h5,7-8,10H,3-4,6H2,1-2H3,(H,15,16)/t7-,8-,10+/m1/s1. The molecular formula is C12H17Cl2NO3S. The van der Waals surface area contributed by atoms with E-state index in [0.717, 1.165) is 0 Å². The summed E-state index contributed by atoms with van der Waals surface area (Å²) in [5.41, 5.74) is -0.184. The van der Waals surface area contributed by atoms with Crippen molar-refractivity contribution in [3.05, 3.63) is 10.6 Å². The van der Waals surface area contributed by atoms with Gasteiger partial charge in [0.2, 0.25) is 5.91 Å². The summed E-state index contributed by atoms with van der Waals surface area (Å²) in [7, 11) is -2.98. The zero-order valence-corrected chi connectivity index (χ0v) is 13.1. The van der Waals surface area contributed by atoms with E-state index >= 15 is 0 Å². The summed E-state index contributed by atoms with van der Waals surface area (Å²) in [5.74, 6) is -0.0901. The van der Waals surface area contributed by atoms with Crippen molar-refractivity contribution in [1.82, 2.24) is 5.32 Å². The van der Waals surface area contributed by atoms with Gasteiger partial charge in [0.25, 0.3) is 0 Å². The van der Waals surface area contributed by atoms with Gasteiger partial charge in [-0.2, -0.15) is 0 Å². The average Bonchev–Trinajstić information content (AvgIpc) is 2.59. The maximum atomic E-state index is 12.2. The third-order valence-electron chi connectivity index (χ3n) is 4.08. The van der Waals surface area contributed by atoms with Crippen LogP contribution in [0.1, 0.15) is 20.3 Å². The Morgan fingerprint density at radius 2 is 2.00 bits per heavy atom. The largest absolute Gasteiger partial charge is 0.352 e. The number of nitrogens with one attached hydrogen (secondary N) is 1. The molecule has 0 bridgehead atoms. The molecule has 2 fully saturated rings. The molecule has 1 amide bonds. The minimum absolute atomic E-state index is 0.00973. The van der Waals surface area contributed by atoms with E-state index in [4.69, 9.17) is 23.2 Å². The molecule has 4 nitrogen and oxygen atoms in total. The first-order valence-corrected chi connectivity index (χ1v) is 8.75. The number of hydrogen-bond donors (Lipinski definition) is 1. The first kappa shape index (κ1) is 15.1. The number of halogens is 2. The highest BCUT2D eigenvalue weighted by molar-refractivity contribution is 7.91. The van der Waals surface area contributed by atoms with Crippen molar-refractivity contribution in [2.75, 3.05) is 11.5 Å². The Morgan fingerprint density at radius 1 is 1.37 bits per heavy atom. The second-order valence-corrected chi connectivity index (χ2v) is 9.13. The highest BCUT2D eigenvalue weighted by Gasteiger charge is 2.60. The topological polar surface area (TPSA) is 63.2 Å². The van der Waals surface area contributed by atoms with E-state index in [1.165, 1.54) is 0 Å². The average molecular weight is 326 g/mol. The maximum Gasteiger partial charge on any atom is 0.224 e. The van der Waals surface area contributed by atoms with Gasteiger partial charge in [0, 0.05) is 6.04 Å². The number of rotatable bonds is 3. The van der Waals surface area contributed by atoms with Crippen molar-refractivity contribution in [2.24, 2.45) is 17.3 Å². The molecule has 0 aromatic rings. The predicted molar refractivity (Wildman–Crippen MR) is 75.8 cm³/mol. The van der Waals surface area contributed by atoms with Gasteiger partial charge >= 0.3 is 0 Å². The molecule has 1 aliphatic heterocycles. The molecule has 3 atom stereocenters. The van der Waals surface area contributed by atoms with Crippen molar-refractivity contribution < 1.29 is 13.2 Å².